The number of carboxylic acid groups (broad SMARTS) is 1. The van der Waals surface area contributed by atoms with E-state index in [1.165, 1.54) is 14.2 Å². The molecule has 0 bridgehead atoms. The van der Waals surface area contributed by atoms with Gasteiger partial charge >= 0.3 is 5.97 Å². The highest BCUT2D eigenvalue weighted by Crippen LogP contribution is 2.29. The lowest BCUT2D eigenvalue weighted by Gasteiger charge is -2.39. The third kappa shape index (κ3) is 10.2. The number of carbonyl (C=O) groups is 5. The van der Waals surface area contributed by atoms with Crippen molar-refractivity contribution >= 4 is 29.6 Å². The zero-order chi connectivity index (χ0) is 32.1. The summed E-state index contributed by atoms with van der Waals surface area (Å²) in [5.41, 5.74) is 0. The number of rotatable bonds is 18. The molecule has 1 aliphatic heterocycles. The fourth-order valence-corrected chi connectivity index (χ4v) is 5.81. The second-order valence-electron chi connectivity index (χ2n) is 11.5. The Labute approximate surface area is 250 Å². The summed E-state index contributed by atoms with van der Waals surface area (Å²) >= 11 is 0. The van der Waals surface area contributed by atoms with E-state index in [1.54, 1.807) is 30.8 Å². The molecule has 0 spiro atoms. The third-order valence-corrected chi connectivity index (χ3v) is 8.39. The first-order chi connectivity index (χ1) is 19.7. The zero-order valence-electron chi connectivity index (χ0n) is 26.8. The minimum absolute atomic E-state index is 0.00725. The first kappa shape index (κ1) is 37.3. The van der Waals surface area contributed by atoms with Crippen LogP contribution in [0.4, 0.5) is 0 Å². The highest BCUT2D eigenvalue weighted by Gasteiger charge is 2.42. The van der Waals surface area contributed by atoms with E-state index in [9.17, 15) is 24.0 Å². The fourth-order valence-electron chi connectivity index (χ4n) is 5.81. The van der Waals surface area contributed by atoms with Crippen LogP contribution in [-0.4, -0.2) is 123 Å². The summed E-state index contributed by atoms with van der Waals surface area (Å²) in [5, 5.41) is 17.0. The molecule has 0 aromatic carbocycles. The lowest BCUT2D eigenvalue weighted by atomic mass is 9.90. The molecule has 0 saturated carbocycles. The molecule has 13 nitrogen and oxygen atoms in total. The molecule has 0 aliphatic carbocycles. The van der Waals surface area contributed by atoms with E-state index in [0.717, 1.165) is 12.8 Å². The van der Waals surface area contributed by atoms with E-state index in [-0.39, 0.29) is 48.6 Å². The molecule has 7 unspecified atom stereocenters. The molecule has 1 rings (SSSR count). The number of hydrogen-bond acceptors (Lipinski definition) is 8. The molecule has 1 fully saturated rings. The van der Waals surface area contributed by atoms with E-state index in [4.69, 9.17) is 14.6 Å². The summed E-state index contributed by atoms with van der Waals surface area (Å²) in [6.07, 6.45) is 0.868. The maximum Gasteiger partial charge on any atom is 0.322 e. The van der Waals surface area contributed by atoms with Crippen molar-refractivity contribution in [1.29, 1.82) is 0 Å². The largest absolute Gasteiger partial charge is 0.480 e. The van der Waals surface area contributed by atoms with Crippen LogP contribution in [0.2, 0.25) is 0 Å². The Morgan fingerprint density at radius 1 is 1.00 bits per heavy atom. The van der Waals surface area contributed by atoms with Crippen LogP contribution in [-0.2, 0) is 33.4 Å². The smallest absolute Gasteiger partial charge is 0.322 e. The Kier molecular flexibility index (Phi) is 16.0. The van der Waals surface area contributed by atoms with E-state index in [2.05, 4.69) is 16.0 Å². The SMILES string of the molecule is CCC(C)C(C(CC(=O)N1CCCC1C(OC)C(C)C(=O)NCC(=O)O)OC)N(C)C(=O)CNC(=O)C(NC)C(C)C. The summed E-state index contributed by atoms with van der Waals surface area (Å²) in [5.74, 6) is -2.98. The lowest BCUT2D eigenvalue weighted by molar-refractivity contribution is -0.146. The minimum atomic E-state index is -1.15. The van der Waals surface area contributed by atoms with Gasteiger partial charge < -0.3 is 40.3 Å². The Morgan fingerprint density at radius 2 is 1.62 bits per heavy atom. The zero-order valence-corrected chi connectivity index (χ0v) is 26.8. The Morgan fingerprint density at radius 3 is 2.12 bits per heavy atom. The van der Waals surface area contributed by atoms with Gasteiger partial charge in [-0.3, -0.25) is 24.0 Å². The number of methoxy groups -OCH3 is 2. The van der Waals surface area contributed by atoms with Gasteiger partial charge in [-0.25, -0.2) is 0 Å². The molecule has 0 aromatic rings. The molecule has 13 heteroatoms. The van der Waals surface area contributed by atoms with Gasteiger partial charge in [0.2, 0.25) is 23.6 Å². The van der Waals surface area contributed by atoms with Crippen LogP contribution in [0.25, 0.3) is 0 Å². The second-order valence-corrected chi connectivity index (χ2v) is 11.5. The van der Waals surface area contributed by atoms with E-state index >= 15 is 0 Å². The van der Waals surface area contributed by atoms with Crippen molar-refractivity contribution in [1.82, 2.24) is 25.8 Å². The molecular formula is C29H53N5O8. The number of ether oxygens (including phenoxy) is 2. The maximum atomic E-state index is 13.7. The van der Waals surface area contributed by atoms with Gasteiger partial charge in [-0.05, 0) is 31.7 Å². The Balaban J connectivity index is 3.05. The lowest BCUT2D eigenvalue weighted by Crippen LogP contribution is -2.55. The van der Waals surface area contributed by atoms with Crippen LogP contribution in [0.3, 0.4) is 0 Å². The van der Waals surface area contributed by atoms with E-state index in [0.29, 0.717) is 13.0 Å². The van der Waals surface area contributed by atoms with Crippen molar-refractivity contribution < 1.29 is 38.6 Å². The van der Waals surface area contributed by atoms with Gasteiger partial charge in [0.05, 0.1) is 49.2 Å². The monoisotopic (exact) mass is 599 g/mol. The predicted octanol–water partition coefficient (Wildman–Crippen LogP) is 0.468. The summed E-state index contributed by atoms with van der Waals surface area (Å²) in [6, 6.07) is -1.23. The molecule has 0 radical (unpaired) electrons. The van der Waals surface area contributed by atoms with Gasteiger partial charge in [0, 0.05) is 27.8 Å². The summed E-state index contributed by atoms with van der Waals surface area (Å²) in [6.45, 7) is 9.31. The van der Waals surface area contributed by atoms with Gasteiger partial charge in [-0.15, -0.1) is 0 Å². The molecule has 242 valence electrons. The number of likely N-dealkylation sites (tertiary alicyclic amines) is 1. The van der Waals surface area contributed by atoms with E-state index < -0.39 is 48.6 Å². The number of nitrogens with zero attached hydrogens (tertiary/aromatic N) is 2. The quantitative estimate of drug-likeness (QED) is 0.175. The summed E-state index contributed by atoms with van der Waals surface area (Å²) < 4.78 is 11.5. The van der Waals surface area contributed by atoms with Crippen molar-refractivity contribution in [3.63, 3.8) is 0 Å². The number of nitrogens with one attached hydrogen (secondary N) is 3. The molecule has 1 aliphatic rings. The highest BCUT2D eigenvalue weighted by molar-refractivity contribution is 5.88. The van der Waals surface area contributed by atoms with Crippen LogP contribution in [0, 0.1) is 17.8 Å². The molecule has 4 amide bonds. The minimum Gasteiger partial charge on any atom is -0.480 e. The van der Waals surface area contributed by atoms with Gasteiger partial charge in [0.1, 0.15) is 6.54 Å². The first-order valence-electron chi connectivity index (χ1n) is 14.8. The van der Waals surface area contributed by atoms with Gasteiger partial charge in [0.15, 0.2) is 0 Å². The van der Waals surface area contributed by atoms with Crippen molar-refractivity contribution in [2.75, 3.05) is 47.9 Å². The standard InChI is InChI=1S/C29H53N5O8/c1-10-18(4)26(33(7)23(36)15-31-29(40)25(30-6)17(2)3)21(41-8)14-22(35)34-13-11-12-20(34)27(42-9)19(5)28(39)32-16-24(37)38/h17-21,25-27,30H,10-16H2,1-9H3,(H,31,40)(H,32,39)(H,37,38). The topological polar surface area (TPSA) is 167 Å². The van der Waals surface area contributed by atoms with Crippen LogP contribution >= 0.6 is 0 Å². The molecule has 1 heterocycles. The van der Waals surface area contributed by atoms with Crippen LogP contribution in [0.1, 0.15) is 60.3 Å². The number of carboxylic acids is 1. The van der Waals surface area contributed by atoms with Crippen molar-refractivity contribution in [3.05, 3.63) is 0 Å². The number of amides is 4. The van der Waals surface area contributed by atoms with Crippen molar-refractivity contribution in [2.24, 2.45) is 17.8 Å². The maximum absolute atomic E-state index is 13.7. The molecule has 7 atom stereocenters. The molecule has 4 N–H and O–H groups in total. The first-order valence-corrected chi connectivity index (χ1v) is 14.8. The molecular weight excluding hydrogens is 546 g/mol. The predicted molar refractivity (Wildman–Crippen MR) is 157 cm³/mol. The average molecular weight is 600 g/mol. The van der Waals surface area contributed by atoms with Crippen molar-refractivity contribution in [3.8, 4) is 0 Å². The molecule has 0 aromatic heterocycles. The number of aliphatic carboxylic acids is 1. The third-order valence-electron chi connectivity index (χ3n) is 8.39. The number of hydrogen-bond donors (Lipinski definition) is 4. The highest BCUT2D eigenvalue weighted by atomic mass is 16.5. The normalized spacial score (nSPS) is 19.4. The number of carbonyl (C=O) groups excluding carboxylic acids is 4. The summed E-state index contributed by atoms with van der Waals surface area (Å²) in [4.78, 5) is 66.2. The molecule has 1 saturated heterocycles. The van der Waals surface area contributed by atoms with Crippen LogP contribution < -0.4 is 16.0 Å². The van der Waals surface area contributed by atoms with Crippen LogP contribution in [0.15, 0.2) is 0 Å². The van der Waals surface area contributed by atoms with Crippen LogP contribution in [0.5, 0.6) is 0 Å². The molecule has 42 heavy (non-hydrogen) atoms. The van der Waals surface area contributed by atoms with Gasteiger partial charge in [0.25, 0.3) is 0 Å². The Hall–Kier alpha value is -2.77. The second kappa shape index (κ2) is 18.0. The Bertz CT molecular complexity index is 916. The number of likely N-dealkylation sites (N-methyl/N-ethyl adjacent to an activating group) is 2. The van der Waals surface area contributed by atoms with Gasteiger partial charge in [-0.2, -0.15) is 0 Å². The van der Waals surface area contributed by atoms with Crippen molar-refractivity contribution in [2.45, 2.75) is 90.6 Å². The van der Waals surface area contributed by atoms with E-state index in [1.807, 2.05) is 27.7 Å². The average Bonchev–Trinajstić information content (AvgIpc) is 3.43. The van der Waals surface area contributed by atoms with Gasteiger partial charge in [-0.1, -0.05) is 41.0 Å². The summed E-state index contributed by atoms with van der Waals surface area (Å²) in [7, 11) is 6.35. The fraction of sp³-hybridized carbons (Fsp3) is 0.828.